The predicted octanol–water partition coefficient (Wildman–Crippen LogP) is 2.99. The third-order valence-corrected chi connectivity index (χ3v) is 3.64. The van der Waals surface area contributed by atoms with E-state index in [9.17, 15) is 4.79 Å². The Morgan fingerprint density at radius 1 is 1.25 bits per heavy atom. The number of para-hydroxylation sites is 1. The minimum Gasteiger partial charge on any atom is -0.462 e. The van der Waals surface area contributed by atoms with Crippen LogP contribution in [0.1, 0.15) is 32.1 Å². The van der Waals surface area contributed by atoms with Crippen LogP contribution in [0.15, 0.2) is 30.3 Å². The Morgan fingerprint density at radius 2 is 2.00 bits per heavy atom. The van der Waals surface area contributed by atoms with E-state index in [-0.39, 0.29) is 18.2 Å². The van der Waals surface area contributed by atoms with Gasteiger partial charge < -0.3 is 14.8 Å². The first-order chi connectivity index (χ1) is 9.78. The van der Waals surface area contributed by atoms with Crippen LogP contribution in [0.25, 0.3) is 0 Å². The molecule has 1 N–H and O–H groups in total. The van der Waals surface area contributed by atoms with Crippen molar-refractivity contribution in [2.75, 3.05) is 19.0 Å². The van der Waals surface area contributed by atoms with E-state index in [4.69, 9.17) is 9.47 Å². The largest absolute Gasteiger partial charge is 0.462 e. The molecule has 0 heterocycles. The summed E-state index contributed by atoms with van der Waals surface area (Å²) in [5.41, 5.74) is 1.03. The van der Waals surface area contributed by atoms with Gasteiger partial charge in [-0.3, -0.25) is 4.79 Å². The van der Waals surface area contributed by atoms with Gasteiger partial charge in [-0.15, -0.1) is 0 Å². The zero-order valence-electron chi connectivity index (χ0n) is 12.0. The van der Waals surface area contributed by atoms with E-state index in [1.54, 1.807) is 7.11 Å². The van der Waals surface area contributed by atoms with Crippen molar-refractivity contribution >= 4 is 11.7 Å². The van der Waals surface area contributed by atoms with Crippen molar-refractivity contribution < 1.29 is 14.3 Å². The fraction of sp³-hybridized carbons (Fsp3) is 0.562. The van der Waals surface area contributed by atoms with Crippen molar-refractivity contribution in [1.82, 2.24) is 0 Å². The molecule has 4 nitrogen and oxygen atoms in total. The van der Waals surface area contributed by atoms with E-state index in [0.717, 1.165) is 31.4 Å². The van der Waals surface area contributed by atoms with Crippen LogP contribution in [0.2, 0.25) is 0 Å². The summed E-state index contributed by atoms with van der Waals surface area (Å²) in [6.07, 6.45) is 4.58. The maximum Gasteiger partial charge on any atom is 0.307 e. The first kappa shape index (κ1) is 14.9. The molecule has 0 radical (unpaired) electrons. The first-order valence-corrected chi connectivity index (χ1v) is 7.29. The number of rotatable bonds is 6. The molecule has 0 aromatic heterocycles. The average molecular weight is 277 g/mol. The molecule has 2 atom stereocenters. The average Bonchev–Trinajstić information content (AvgIpc) is 2.48. The standard InChI is InChI=1S/C16H23NO3/c1-19-14-8-5-9-15(12-14)20-16(18)10-11-17-13-6-3-2-4-7-13/h2-4,6-7,14-15,17H,5,8-12H2,1H3. The van der Waals surface area contributed by atoms with Gasteiger partial charge >= 0.3 is 5.97 Å². The molecule has 2 rings (SSSR count). The van der Waals surface area contributed by atoms with Crippen LogP contribution >= 0.6 is 0 Å². The second-order valence-electron chi connectivity index (χ2n) is 5.18. The minimum atomic E-state index is -0.129. The van der Waals surface area contributed by atoms with E-state index < -0.39 is 0 Å². The third-order valence-electron chi connectivity index (χ3n) is 3.64. The molecule has 1 saturated carbocycles. The van der Waals surface area contributed by atoms with Crippen molar-refractivity contribution in [2.45, 2.75) is 44.3 Å². The number of esters is 1. The van der Waals surface area contributed by atoms with Gasteiger partial charge in [-0.25, -0.2) is 0 Å². The fourth-order valence-electron chi connectivity index (χ4n) is 2.53. The molecule has 0 aliphatic heterocycles. The Kier molecular flexibility index (Phi) is 5.87. The predicted molar refractivity (Wildman–Crippen MR) is 78.7 cm³/mol. The summed E-state index contributed by atoms with van der Waals surface area (Å²) in [5, 5.41) is 3.21. The Hall–Kier alpha value is -1.55. The summed E-state index contributed by atoms with van der Waals surface area (Å²) in [7, 11) is 1.72. The van der Waals surface area contributed by atoms with Gasteiger partial charge in [0.2, 0.25) is 0 Å². The van der Waals surface area contributed by atoms with Crippen LogP contribution in [0, 0.1) is 0 Å². The highest BCUT2D eigenvalue weighted by atomic mass is 16.5. The highest BCUT2D eigenvalue weighted by Crippen LogP contribution is 2.23. The van der Waals surface area contributed by atoms with Crippen LogP contribution < -0.4 is 5.32 Å². The first-order valence-electron chi connectivity index (χ1n) is 7.29. The summed E-state index contributed by atoms with van der Waals surface area (Å²) >= 11 is 0. The summed E-state index contributed by atoms with van der Waals surface area (Å²) < 4.78 is 10.8. The second-order valence-corrected chi connectivity index (χ2v) is 5.18. The molecule has 4 heteroatoms. The number of carbonyl (C=O) groups is 1. The Bertz CT molecular complexity index is 407. The molecule has 0 bridgehead atoms. The molecular weight excluding hydrogens is 254 g/mol. The molecule has 0 spiro atoms. The fourth-order valence-corrected chi connectivity index (χ4v) is 2.53. The van der Waals surface area contributed by atoms with Gasteiger partial charge in [0, 0.05) is 25.8 Å². The number of anilines is 1. The number of hydrogen-bond donors (Lipinski definition) is 1. The maximum absolute atomic E-state index is 11.8. The summed E-state index contributed by atoms with van der Waals surface area (Å²) in [4.78, 5) is 11.8. The summed E-state index contributed by atoms with van der Waals surface area (Å²) in [6, 6.07) is 9.86. The summed E-state index contributed by atoms with van der Waals surface area (Å²) in [5.74, 6) is -0.129. The van der Waals surface area contributed by atoms with Crippen LogP contribution in [-0.4, -0.2) is 31.8 Å². The van der Waals surface area contributed by atoms with Crippen LogP contribution in [0.5, 0.6) is 0 Å². The van der Waals surface area contributed by atoms with Gasteiger partial charge in [0.25, 0.3) is 0 Å². The number of ether oxygens (including phenoxy) is 2. The molecule has 2 unspecified atom stereocenters. The number of nitrogens with one attached hydrogen (secondary N) is 1. The van der Waals surface area contributed by atoms with Gasteiger partial charge in [-0.2, -0.15) is 0 Å². The van der Waals surface area contributed by atoms with E-state index in [1.165, 1.54) is 0 Å². The number of hydrogen-bond acceptors (Lipinski definition) is 4. The van der Waals surface area contributed by atoms with Crippen molar-refractivity contribution in [3.8, 4) is 0 Å². The van der Waals surface area contributed by atoms with Crippen molar-refractivity contribution in [3.05, 3.63) is 30.3 Å². The van der Waals surface area contributed by atoms with Crippen molar-refractivity contribution in [3.63, 3.8) is 0 Å². The highest BCUT2D eigenvalue weighted by molar-refractivity contribution is 5.70. The number of carbonyl (C=O) groups excluding carboxylic acids is 1. The Morgan fingerprint density at radius 3 is 2.75 bits per heavy atom. The molecule has 1 fully saturated rings. The van der Waals surface area contributed by atoms with Crippen molar-refractivity contribution in [1.29, 1.82) is 0 Å². The van der Waals surface area contributed by atoms with E-state index in [2.05, 4.69) is 5.32 Å². The lowest BCUT2D eigenvalue weighted by Gasteiger charge is -2.27. The zero-order chi connectivity index (χ0) is 14.2. The lowest BCUT2D eigenvalue weighted by molar-refractivity contribution is -0.152. The number of methoxy groups -OCH3 is 1. The highest BCUT2D eigenvalue weighted by Gasteiger charge is 2.24. The van der Waals surface area contributed by atoms with E-state index in [1.807, 2.05) is 30.3 Å². The minimum absolute atomic E-state index is 0.0259. The van der Waals surface area contributed by atoms with Crippen molar-refractivity contribution in [2.24, 2.45) is 0 Å². The van der Waals surface area contributed by atoms with Gasteiger partial charge in [-0.1, -0.05) is 18.2 Å². The molecule has 20 heavy (non-hydrogen) atoms. The molecule has 1 aromatic carbocycles. The van der Waals surface area contributed by atoms with E-state index >= 15 is 0 Å². The maximum atomic E-state index is 11.8. The normalized spacial score (nSPS) is 22.2. The lowest BCUT2D eigenvalue weighted by Crippen LogP contribution is -2.29. The molecule has 1 aromatic rings. The smallest absolute Gasteiger partial charge is 0.307 e. The summed E-state index contributed by atoms with van der Waals surface area (Å²) in [6.45, 7) is 0.600. The number of benzene rings is 1. The molecule has 0 amide bonds. The third kappa shape index (κ3) is 4.85. The lowest BCUT2D eigenvalue weighted by atomic mass is 9.95. The van der Waals surface area contributed by atoms with Crippen LogP contribution in [0.4, 0.5) is 5.69 Å². The molecule has 110 valence electrons. The Labute approximate surface area is 120 Å². The monoisotopic (exact) mass is 277 g/mol. The topological polar surface area (TPSA) is 47.6 Å². The molecular formula is C16H23NO3. The molecule has 1 aliphatic rings. The van der Waals surface area contributed by atoms with Crippen LogP contribution in [0.3, 0.4) is 0 Å². The second kappa shape index (κ2) is 7.90. The van der Waals surface area contributed by atoms with Gasteiger partial charge in [-0.05, 0) is 31.4 Å². The van der Waals surface area contributed by atoms with Gasteiger partial charge in [0.15, 0.2) is 0 Å². The zero-order valence-corrected chi connectivity index (χ0v) is 12.0. The van der Waals surface area contributed by atoms with Gasteiger partial charge in [0.1, 0.15) is 6.10 Å². The molecule has 1 aliphatic carbocycles. The molecule has 0 saturated heterocycles. The SMILES string of the molecule is COC1CCCC(OC(=O)CCNc2ccccc2)C1. The van der Waals surface area contributed by atoms with E-state index in [0.29, 0.717) is 13.0 Å². The quantitative estimate of drug-likeness (QED) is 0.812. The Balaban J connectivity index is 1.65. The van der Waals surface area contributed by atoms with Gasteiger partial charge in [0.05, 0.1) is 12.5 Å². The van der Waals surface area contributed by atoms with Crippen LogP contribution in [-0.2, 0) is 14.3 Å².